The zero-order valence-electron chi connectivity index (χ0n) is 9.07. The van der Waals surface area contributed by atoms with Crippen LogP contribution in [0.1, 0.15) is 0 Å². The average molecular weight is 298 g/mol. The molecule has 1 N–H and O–H groups in total. The molecule has 0 unspecified atom stereocenters. The van der Waals surface area contributed by atoms with Gasteiger partial charge in [0.05, 0.1) is 0 Å². The maximum Gasteiger partial charge on any atom is 0.188 e. The fraction of sp³-hybridized carbons (Fsp3) is 0.182. The van der Waals surface area contributed by atoms with Crippen molar-refractivity contribution in [3.05, 3.63) is 34.2 Å². The smallest absolute Gasteiger partial charge is 0.188 e. The topological polar surface area (TPSA) is 28.2 Å². The number of rotatable bonds is 3. The second-order valence-corrected chi connectivity index (χ2v) is 5.22. The minimum Gasteiger partial charge on any atom is -0.378 e. The molecule has 2 rings (SSSR count). The van der Waals surface area contributed by atoms with E-state index in [0.717, 1.165) is 15.4 Å². The molecule has 0 aliphatic rings. The van der Waals surface area contributed by atoms with E-state index >= 15 is 0 Å². The zero-order valence-corrected chi connectivity index (χ0v) is 11.5. The molecule has 0 aliphatic carbocycles. The van der Waals surface area contributed by atoms with E-state index in [1.165, 1.54) is 5.69 Å². The fourth-order valence-electron chi connectivity index (χ4n) is 1.30. The molecule has 0 radical (unpaired) electrons. The first kappa shape index (κ1) is 11.4. The van der Waals surface area contributed by atoms with Gasteiger partial charge in [0.2, 0.25) is 0 Å². The van der Waals surface area contributed by atoms with Crippen LogP contribution in [-0.2, 0) is 0 Å². The summed E-state index contributed by atoms with van der Waals surface area (Å²) in [5.41, 5.74) is 2.22. The van der Waals surface area contributed by atoms with Crippen molar-refractivity contribution in [3.8, 4) is 0 Å². The molecule has 0 saturated carbocycles. The predicted octanol–water partition coefficient (Wildman–Crippen LogP) is 3.72. The Labute approximate surface area is 107 Å². The van der Waals surface area contributed by atoms with E-state index in [9.17, 15) is 0 Å². The number of thiazole rings is 1. The summed E-state index contributed by atoms with van der Waals surface area (Å²) in [4.78, 5) is 6.36. The molecule has 0 bridgehead atoms. The molecule has 2 aromatic rings. The van der Waals surface area contributed by atoms with Crippen LogP contribution in [0.5, 0.6) is 0 Å². The molecule has 16 heavy (non-hydrogen) atoms. The molecular weight excluding hydrogens is 286 g/mol. The van der Waals surface area contributed by atoms with E-state index in [4.69, 9.17) is 0 Å². The molecule has 0 fully saturated rings. The second kappa shape index (κ2) is 4.84. The summed E-state index contributed by atoms with van der Waals surface area (Å²) in [7, 11) is 4.05. The second-order valence-electron chi connectivity index (χ2n) is 3.55. The summed E-state index contributed by atoms with van der Waals surface area (Å²) in [6.45, 7) is 0. The van der Waals surface area contributed by atoms with E-state index in [0.29, 0.717) is 0 Å². The molecule has 1 aromatic heterocycles. The van der Waals surface area contributed by atoms with Crippen LogP contribution in [0.4, 0.5) is 16.5 Å². The lowest BCUT2D eigenvalue weighted by Crippen LogP contribution is -2.08. The van der Waals surface area contributed by atoms with E-state index in [1.54, 1.807) is 11.3 Å². The Morgan fingerprint density at radius 2 is 2.19 bits per heavy atom. The fourth-order valence-corrected chi connectivity index (χ4v) is 2.46. The van der Waals surface area contributed by atoms with Gasteiger partial charge in [0.25, 0.3) is 0 Å². The molecule has 0 amide bonds. The first-order valence-electron chi connectivity index (χ1n) is 4.80. The Morgan fingerprint density at radius 1 is 1.38 bits per heavy atom. The molecule has 0 spiro atoms. The third-order valence-corrected chi connectivity index (χ3v) is 3.56. The van der Waals surface area contributed by atoms with E-state index < -0.39 is 0 Å². The first-order valence-corrected chi connectivity index (χ1v) is 6.48. The van der Waals surface area contributed by atoms with Crippen LogP contribution in [0.2, 0.25) is 0 Å². The first-order chi connectivity index (χ1) is 7.65. The van der Waals surface area contributed by atoms with Gasteiger partial charge in [0, 0.05) is 30.9 Å². The summed E-state index contributed by atoms with van der Waals surface area (Å²) in [5, 5.41) is 6.12. The van der Waals surface area contributed by atoms with Crippen LogP contribution in [0.25, 0.3) is 0 Å². The van der Waals surface area contributed by atoms with Gasteiger partial charge >= 0.3 is 0 Å². The highest BCUT2D eigenvalue weighted by atomic mass is 79.9. The summed E-state index contributed by atoms with van der Waals surface area (Å²) < 4.78 is 0.865. The normalized spacial score (nSPS) is 10.2. The van der Waals surface area contributed by atoms with Gasteiger partial charge in [0.15, 0.2) is 5.13 Å². The molecule has 3 nitrogen and oxygen atoms in total. The highest BCUT2D eigenvalue weighted by Gasteiger charge is 2.01. The number of nitrogens with zero attached hydrogens (tertiary/aromatic N) is 2. The van der Waals surface area contributed by atoms with E-state index in [1.807, 2.05) is 31.6 Å². The van der Waals surface area contributed by atoms with Gasteiger partial charge in [-0.05, 0) is 34.1 Å². The third-order valence-electron chi connectivity index (χ3n) is 2.09. The number of hydrogen-bond acceptors (Lipinski definition) is 4. The molecule has 0 saturated heterocycles. The van der Waals surface area contributed by atoms with Crippen LogP contribution in [0.15, 0.2) is 34.2 Å². The van der Waals surface area contributed by atoms with Crippen molar-refractivity contribution in [2.45, 2.75) is 0 Å². The molecule has 5 heteroatoms. The molecule has 0 aliphatic heterocycles. The Bertz CT molecular complexity index is 482. The Hall–Kier alpha value is -1.07. The van der Waals surface area contributed by atoms with Gasteiger partial charge < -0.3 is 10.2 Å². The van der Waals surface area contributed by atoms with E-state index in [2.05, 4.69) is 43.3 Å². The van der Waals surface area contributed by atoms with Crippen LogP contribution >= 0.6 is 27.3 Å². The van der Waals surface area contributed by atoms with E-state index in [-0.39, 0.29) is 0 Å². The minimum absolute atomic E-state index is 0.865. The largest absolute Gasteiger partial charge is 0.378 e. The summed E-state index contributed by atoms with van der Waals surface area (Å²) >= 11 is 4.91. The molecule has 0 atom stereocenters. The van der Waals surface area contributed by atoms with Crippen molar-refractivity contribution < 1.29 is 0 Å². The van der Waals surface area contributed by atoms with Crippen LogP contribution in [0, 0.1) is 0 Å². The summed E-state index contributed by atoms with van der Waals surface area (Å²) in [5.74, 6) is 0. The maximum atomic E-state index is 4.29. The van der Waals surface area contributed by atoms with Crippen molar-refractivity contribution in [1.29, 1.82) is 0 Å². The Balaban J connectivity index is 2.18. The monoisotopic (exact) mass is 297 g/mol. The lowest BCUT2D eigenvalue weighted by molar-refractivity contribution is 1.13. The highest BCUT2D eigenvalue weighted by Crippen LogP contribution is 2.25. The number of benzene rings is 1. The van der Waals surface area contributed by atoms with Crippen LogP contribution in [0.3, 0.4) is 0 Å². The van der Waals surface area contributed by atoms with Crippen LogP contribution in [-0.4, -0.2) is 19.1 Å². The molecule has 1 heterocycles. The third kappa shape index (κ3) is 2.74. The van der Waals surface area contributed by atoms with Gasteiger partial charge in [-0.3, -0.25) is 0 Å². The number of anilines is 3. The quantitative estimate of drug-likeness (QED) is 0.936. The minimum atomic E-state index is 0.865. The highest BCUT2D eigenvalue weighted by molar-refractivity contribution is 9.10. The summed E-state index contributed by atoms with van der Waals surface area (Å²) in [6, 6.07) is 8.22. The zero-order chi connectivity index (χ0) is 11.5. The lowest BCUT2D eigenvalue weighted by atomic mass is 10.2. The maximum absolute atomic E-state index is 4.29. The van der Waals surface area contributed by atoms with Crippen molar-refractivity contribution in [2.75, 3.05) is 24.3 Å². The van der Waals surface area contributed by atoms with Crippen LogP contribution < -0.4 is 10.2 Å². The van der Waals surface area contributed by atoms with Crippen molar-refractivity contribution in [2.24, 2.45) is 0 Å². The van der Waals surface area contributed by atoms with Gasteiger partial charge in [0.1, 0.15) is 4.60 Å². The van der Waals surface area contributed by atoms with Gasteiger partial charge in [-0.25, -0.2) is 4.98 Å². The Morgan fingerprint density at radius 3 is 2.81 bits per heavy atom. The molecule has 84 valence electrons. The van der Waals surface area contributed by atoms with Crippen molar-refractivity contribution in [3.63, 3.8) is 0 Å². The predicted molar refractivity (Wildman–Crippen MR) is 73.9 cm³/mol. The van der Waals surface area contributed by atoms with Crippen molar-refractivity contribution >= 4 is 43.8 Å². The Kier molecular flexibility index (Phi) is 3.46. The molecular formula is C11H12BrN3S. The van der Waals surface area contributed by atoms with Gasteiger partial charge in [-0.15, -0.1) is 11.3 Å². The lowest BCUT2D eigenvalue weighted by Gasteiger charge is -2.13. The number of nitrogens with one attached hydrogen (secondary N) is 1. The summed E-state index contributed by atoms with van der Waals surface area (Å²) in [6.07, 6.45) is 0. The number of aromatic nitrogens is 1. The van der Waals surface area contributed by atoms with Crippen molar-refractivity contribution in [1.82, 2.24) is 4.98 Å². The number of halogens is 1. The van der Waals surface area contributed by atoms with Gasteiger partial charge in [-0.1, -0.05) is 6.07 Å². The molecule has 1 aromatic carbocycles. The average Bonchev–Trinajstić information content (AvgIpc) is 2.64. The SMILES string of the molecule is CN(C)c1cccc(Nc2nc(Br)cs2)c1. The number of hydrogen-bond donors (Lipinski definition) is 1. The van der Waals surface area contributed by atoms with Gasteiger partial charge in [-0.2, -0.15) is 0 Å². The standard InChI is InChI=1S/C11H12BrN3S/c1-15(2)9-5-3-4-8(6-9)13-11-14-10(12)7-16-11/h3-7H,1-2H3,(H,13,14).